The van der Waals surface area contributed by atoms with Crippen LogP contribution in [-0.2, 0) is 9.47 Å². The molecule has 2 aliphatic heterocycles. The van der Waals surface area contributed by atoms with Gasteiger partial charge in [-0.1, -0.05) is 67.1 Å². The van der Waals surface area contributed by atoms with Crippen LogP contribution in [0.3, 0.4) is 0 Å². The van der Waals surface area contributed by atoms with Gasteiger partial charge in [0.25, 0.3) is 0 Å². The van der Waals surface area contributed by atoms with Crippen LogP contribution in [0.25, 0.3) is 11.4 Å². The molecule has 2 heterocycles. The van der Waals surface area contributed by atoms with Gasteiger partial charge in [-0.25, -0.2) is 10.3 Å². The molecule has 1 saturated heterocycles. The van der Waals surface area contributed by atoms with Gasteiger partial charge in [0, 0.05) is 30.8 Å². The summed E-state index contributed by atoms with van der Waals surface area (Å²) < 4.78 is 11.4. The van der Waals surface area contributed by atoms with Crippen molar-refractivity contribution in [3.05, 3.63) is 71.8 Å². The van der Waals surface area contributed by atoms with E-state index in [1.165, 1.54) is 6.42 Å². The highest BCUT2D eigenvalue weighted by molar-refractivity contribution is 6.07. The first-order valence-corrected chi connectivity index (χ1v) is 10.8. The Morgan fingerprint density at radius 1 is 0.828 bits per heavy atom. The van der Waals surface area contributed by atoms with Crippen LogP contribution in [0.2, 0.25) is 0 Å². The summed E-state index contributed by atoms with van der Waals surface area (Å²) >= 11 is 0. The first-order chi connectivity index (χ1) is 14.4. The lowest BCUT2D eigenvalue weighted by molar-refractivity contribution is -0.162. The van der Waals surface area contributed by atoms with Crippen LogP contribution in [0.4, 0.5) is 0 Å². The second-order valence-corrected chi connectivity index (χ2v) is 7.55. The number of aliphatic imine (C=N–C) groups is 1. The van der Waals surface area contributed by atoms with Crippen LogP contribution in [0.1, 0.15) is 56.1 Å². The van der Waals surface area contributed by atoms with Gasteiger partial charge in [0.2, 0.25) is 0 Å². The van der Waals surface area contributed by atoms with Gasteiger partial charge >= 0.3 is 0 Å². The molecule has 2 aromatic carbocycles. The Labute approximate surface area is 173 Å². The fourth-order valence-electron chi connectivity index (χ4n) is 3.71. The zero-order valence-corrected chi connectivity index (χ0v) is 16.9. The van der Waals surface area contributed by atoms with Crippen LogP contribution in [0, 0.1) is 0 Å². The molecule has 0 amide bonds. The number of benzene rings is 2. The average Bonchev–Trinajstić information content (AvgIpc) is 3.22. The van der Waals surface area contributed by atoms with Gasteiger partial charge in [0.15, 0.2) is 6.29 Å². The number of ether oxygens (including phenoxy) is 2. The Hall–Kier alpha value is -2.43. The molecular formula is C25H29N2O2. The Kier molecular flexibility index (Phi) is 7.11. The van der Waals surface area contributed by atoms with Gasteiger partial charge in [-0.3, -0.25) is 0 Å². The summed E-state index contributed by atoms with van der Waals surface area (Å²) in [6, 6.07) is 20.7. The fourth-order valence-corrected chi connectivity index (χ4v) is 3.71. The number of amidine groups is 1. The molecule has 0 aromatic heterocycles. The smallest absolute Gasteiger partial charge is 0.157 e. The third-order valence-corrected chi connectivity index (χ3v) is 5.29. The van der Waals surface area contributed by atoms with Gasteiger partial charge in [-0.15, -0.1) is 0 Å². The SMILES string of the molecule is c1ccc(C2=C(c3ccccc3)N=C(CCCCCOC3CCCCO3)[N]2)cc1. The molecule has 1 unspecified atom stereocenters. The van der Waals surface area contributed by atoms with Crippen molar-refractivity contribution >= 4 is 17.2 Å². The number of hydrogen-bond acceptors (Lipinski definition) is 3. The highest BCUT2D eigenvalue weighted by atomic mass is 16.7. The van der Waals surface area contributed by atoms with E-state index in [9.17, 15) is 0 Å². The minimum absolute atomic E-state index is 0.0176. The van der Waals surface area contributed by atoms with Crippen molar-refractivity contribution in [2.24, 2.45) is 4.99 Å². The van der Waals surface area contributed by atoms with Gasteiger partial charge in [-0.2, -0.15) is 0 Å². The molecule has 4 nitrogen and oxygen atoms in total. The Bertz CT molecular complexity index is 824. The zero-order valence-electron chi connectivity index (χ0n) is 16.9. The minimum Gasteiger partial charge on any atom is -0.353 e. The summed E-state index contributed by atoms with van der Waals surface area (Å²) in [6.45, 7) is 1.61. The maximum absolute atomic E-state index is 5.82. The van der Waals surface area contributed by atoms with Crippen LogP contribution in [-0.4, -0.2) is 25.3 Å². The lowest BCUT2D eigenvalue weighted by atomic mass is 10.1. The molecule has 29 heavy (non-hydrogen) atoms. The van der Waals surface area contributed by atoms with Gasteiger partial charge < -0.3 is 9.47 Å². The van der Waals surface area contributed by atoms with Crippen LogP contribution < -0.4 is 5.32 Å². The molecule has 0 bridgehead atoms. The quantitative estimate of drug-likeness (QED) is 0.522. The van der Waals surface area contributed by atoms with Crippen molar-refractivity contribution in [1.29, 1.82) is 0 Å². The van der Waals surface area contributed by atoms with Gasteiger partial charge in [0.1, 0.15) is 5.84 Å². The Balaban J connectivity index is 1.29. The number of rotatable bonds is 9. The van der Waals surface area contributed by atoms with E-state index >= 15 is 0 Å². The molecular weight excluding hydrogens is 360 g/mol. The molecule has 2 aliphatic rings. The molecule has 151 valence electrons. The van der Waals surface area contributed by atoms with E-state index in [2.05, 4.69) is 48.5 Å². The van der Waals surface area contributed by atoms with E-state index in [1.54, 1.807) is 0 Å². The highest BCUT2D eigenvalue weighted by Gasteiger charge is 2.21. The summed E-state index contributed by atoms with van der Waals surface area (Å²) in [6.07, 6.45) is 7.56. The van der Waals surface area contributed by atoms with Crippen molar-refractivity contribution in [3.8, 4) is 0 Å². The van der Waals surface area contributed by atoms with Crippen LogP contribution >= 0.6 is 0 Å². The summed E-state index contributed by atoms with van der Waals surface area (Å²) in [5, 5.41) is 4.89. The predicted molar refractivity (Wildman–Crippen MR) is 117 cm³/mol. The van der Waals surface area contributed by atoms with E-state index in [4.69, 9.17) is 19.8 Å². The summed E-state index contributed by atoms with van der Waals surface area (Å²) in [5.74, 6) is 0.930. The summed E-state index contributed by atoms with van der Waals surface area (Å²) in [4.78, 5) is 4.89. The normalized spacial score (nSPS) is 19.2. The van der Waals surface area contributed by atoms with Gasteiger partial charge in [0.05, 0.1) is 11.4 Å². The summed E-state index contributed by atoms with van der Waals surface area (Å²) in [5.41, 5.74) is 4.19. The van der Waals surface area contributed by atoms with Crippen molar-refractivity contribution in [2.75, 3.05) is 13.2 Å². The zero-order chi connectivity index (χ0) is 19.7. The maximum Gasteiger partial charge on any atom is 0.157 e. The fraction of sp³-hybridized carbons (Fsp3) is 0.400. The average molecular weight is 390 g/mol. The maximum atomic E-state index is 5.82. The van der Waals surface area contributed by atoms with Crippen molar-refractivity contribution < 1.29 is 9.47 Å². The number of nitrogens with zero attached hydrogens (tertiary/aromatic N) is 2. The highest BCUT2D eigenvalue weighted by Crippen LogP contribution is 2.31. The third kappa shape index (κ3) is 5.55. The third-order valence-electron chi connectivity index (χ3n) is 5.29. The molecule has 0 spiro atoms. The second-order valence-electron chi connectivity index (χ2n) is 7.55. The first kappa shape index (κ1) is 19.9. The van der Waals surface area contributed by atoms with Crippen molar-refractivity contribution in [3.63, 3.8) is 0 Å². The molecule has 1 fully saturated rings. The first-order valence-electron chi connectivity index (χ1n) is 10.8. The Morgan fingerprint density at radius 3 is 2.24 bits per heavy atom. The lowest BCUT2D eigenvalue weighted by Crippen LogP contribution is -2.22. The molecule has 0 saturated carbocycles. The molecule has 0 aliphatic carbocycles. The number of hydrogen-bond donors (Lipinski definition) is 0. The Morgan fingerprint density at radius 2 is 1.55 bits per heavy atom. The molecule has 2 aromatic rings. The minimum atomic E-state index is 0.0176. The topological polar surface area (TPSA) is 44.9 Å². The molecule has 0 N–H and O–H groups in total. The largest absolute Gasteiger partial charge is 0.353 e. The predicted octanol–water partition coefficient (Wildman–Crippen LogP) is 5.63. The van der Waals surface area contributed by atoms with E-state index in [0.717, 1.165) is 80.1 Å². The second kappa shape index (κ2) is 10.4. The van der Waals surface area contributed by atoms with E-state index in [0.29, 0.717) is 0 Å². The number of unbranched alkanes of at least 4 members (excludes halogenated alkanes) is 2. The molecule has 4 heteroatoms. The van der Waals surface area contributed by atoms with Crippen molar-refractivity contribution in [2.45, 2.75) is 51.2 Å². The summed E-state index contributed by atoms with van der Waals surface area (Å²) in [7, 11) is 0. The standard InChI is InChI=1S/C25H29N2O2/c1-4-12-20(13-5-1)24-25(21-14-6-2-7-15-21)27-22(26-24)16-8-3-10-18-28-23-17-9-11-19-29-23/h1-2,4-7,12-15,23H,3,8-11,16-19H2. The van der Waals surface area contributed by atoms with E-state index < -0.39 is 0 Å². The van der Waals surface area contributed by atoms with Crippen LogP contribution in [0.15, 0.2) is 65.7 Å². The van der Waals surface area contributed by atoms with Crippen LogP contribution in [0.5, 0.6) is 0 Å². The molecule has 1 atom stereocenters. The van der Waals surface area contributed by atoms with E-state index in [1.807, 2.05) is 12.1 Å². The molecule has 1 radical (unpaired) electrons. The monoisotopic (exact) mass is 389 g/mol. The van der Waals surface area contributed by atoms with E-state index in [-0.39, 0.29) is 6.29 Å². The molecule has 4 rings (SSSR count). The van der Waals surface area contributed by atoms with Crippen molar-refractivity contribution in [1.82, 2.24) is 5.32 Å². The van der Waals surface area contributed by atoms with Gasteiger partial charge in [-0.05, 0) is 32.1 Å². The lowest BCUT2D eigenvalue weighted by Gasteiger charge is -2.22.